The van der Waals surface area contributed by atoms with Crippen molar-refractivity contribution in [2.24, 2.45) is 0 Å². The van der Waals surface area contributed by atoms with Gasteiger partial charge in [-0.25, -0.2) is 15.0 Å². The summed E-state index contributed by atoms with van der Waals surface area (Å²) in [6, 6.07) is 55.7. The van der Waals surface area contributed by atoms with Crippen LogP contribution in [-0.2, 0) is 5.41 Å². The molecule has 0 radical (unpaired) electrons. The molecule has 51 heavy (non-hydrogen) atoms. The number of rotatable bonds is 5. The van der Waals surface area contributed by atoms with Crippen LogP contribution in [0.2, 0.25) is 0 Å². The van der Waals surface area contributed by atoms with Gasteiger partial charge in [0.2, 0.25) is 0 Å². The molecule has 6 heteroatoms. The Morgan fingerprint density at radius 2 is 1.02 bits per heavy atom. The van der Waals surface area contributed by atoms with Crippen molar-refractivity contribution in [2.45, 2.75) is 5.41 Å². The maximum Gasteiger partial charge on any atom is 0.182 e. The monoisotopic (exact) mass is 656 g/mol. The van der Waals surface area contributed by atoms with Gasteiger partial charge in [0.1, 0.15) is 5.69 Å². The minimum atomic E-state index is -0.546. The summed E-state index contributed by atoms with van der Waals surface area (Å²) in [6.45, 7) is 0. The standard InChI is InChI=1S/C45H28N4O2/c1-4-15-29(16-5-1)42-47-43(49-44(48-42)36-24-12-13-28-46-36)33-22-14-25-37-40(33)50-38-27-26-35-39(41(38)51-37)32-21-10-11-23-34(32)45(35,30-17-6-2-7-18-30)31-19-8-3-9-20-31/h1-28H. The van der Waals surface area contributed by atoms with Crippen LogP contribution < -0.4 is 9.47 Å². The molecule has 10 rings (SSSR count). The van der Waals surface area contributed by atoms with Crippen LogP contribution in [0.1, 0.15) is 22.3 Å². The third-order valence-corrected chi connectivity index (χ3v) is 9.74. The van der Waals surface area contributed by atoms with Crippen molar-refractivity contribution in [3.63, 3.8) is 0 Å². The van der Waals surface area contributed by atoms with Crippen molar-refractivity contribution in [1.29, 1.82) is 0 Å². The highest BCUT2D eigenvalue weighted by molar-refractivity contribution is 5.92. The van der Waals surface area contributed by atoms with E-state index in [4.69, 9.17) is 24.4 Å². The average molecular weight is 657 g/mol. The van der Waals surface area contributed by atoms with Gasteiger partial charge in [-0.05, 0) is 58.1 Å². The van der Waals surface area contributed by atoms with Crippen molar-refractivity contribution in [2.75, 3.05) is 0 Å². The van der Waals surface area contributed by atoms with Crippen LogP contribution in [0.3, 0.4) is 0 Å². The molecule has 6 aromatic carbocycles. The number of fused-ring (bicyclic) bond motifs is 6. The first-order valence-corrected chi connectivity index (χ1v) is 16.9. The normalized spacial score (nSPS) is 13.2. The molecular formula is C45H28N4O2. The maximum atomic E-state index is 6.93. The van der Waals surface area contributed by atoms with Crippen LogP contribution in [0.15, 0.2) is 170 Å². The van der Waals surface area contributed by atoms with E-state index in [0.717, 1.165) is 22.3 Å². The van der Waals surface area contributed by atoms with Crippen LogP contribution in [-0.4, -0.2) is 19.9 Å². The van der Waals surface area contributed by atoms with E-state index in [0.29, 0.717) is 51.7 Å². The van der Waals surface area contributed by atoms with Crippen molar-refractivity contribution in [1.82, 2.24) is 19.9 Å². The van der Waals surface area contributed by atoms with Crippen molar-refractivity contribution in [3.05, 3.63) is 192 Å². The first kappa shape index (κ1) is 29.0. The minimum absolute atomic E-state index is 0.465. The van der Waals surface area contributed by atoms with Crippen molar-refractivity contribution < 1.29 is 9.47 Å². The number of benzene rings is 6. The van der Waals surface area contributed by atoms with E-state index in [1.807, 2.05) is 72.8 Å². The molecule has 0 saturated carbocycles. The smallest absolute Gasteiger partial charge is 0.182 e. The fourth-order valence-corrected chi connectivity index (χ4v) is 7.58. The molecule has 0 fully saturated rings. The van der Waals surface area contributed by atoms with Gasteiger partial charge in [0.15, 0.2) is 40.5 Å². The molecule has 2 aromatic heterocycles. The highest BCUT2D eigenvalue weighted by Crippen LogP contribution is 2.62. The van der Waals surface area contributed by atoms with Crippen LogP contribution in [0, 0.1) is 0 Å². The van der Waals surface area contributed by atoms with E-state index < -0.39 is 5.41 Å². The molecule has 0 N–H and O–H groups in total. The lowest BCUT2D eigenvalue weighted by Crippen LogP contribution is -2.28. The molecule has 1 aliphatic heterocycles. The summed E-state index contributed by atoms with van der Waals surface area (Å²) in [4.78, 5) is 19.2. The second kappa shape index (κ2) is 11.6. The lowest BCUT2D eigenvalue weighted by Gasteiger charge is -2.34. The van der Waals surface area contributed by atoms with E-state index in [2.05, 4.69) is 96.0 Å². The van der Waals surface area contributed by atoms with E-state index in [1.165, 1.54) is 16.7 Å². The van der Waals surface area contributed by atoms with Gasteiger partial charge in [-0.2, -0.15) is 0 Å². The molecule has 3 heterocycles. The molecule has 0 spiro atoms. The Balaban J connectivity index is 1.15. The fraction of sp³-hybridized carbons (Fsp3) is 0.0222. The predicted octanol–water partition coefficient (Wildman–Crippen LogP) is 10.5. The summed E-state index contributed by atoms with van der Waals surface area (Å²) in [7, 11) is 0. The molecule has 1 aliphatic carbocycles. The molecule has 0 atom stereocenters. The van der Waals surface area contributed by atoms with E-state index in [-0.39, 0.29) is 0 Å². The van der Waals surface area contributed by atoms with Crippen molar-refractivity contribution >= 4 is 0 Å². The summed E-state index contributed by atoms with van der Waals surface area (Å²) in [5, 5.41) is 0. The van der Waals surface area contributed by atoms with Gasteiger partial charge in [0.25, 0.3) is 0 Å². The topological polar surface area (TPSA) is 70.0 Å². The van der Waals surface area contributed by atoms with Gasteiger partial charge in [0.05, 0.1) is 11.0 Å². The van der Waals surface area contributed by atoms with Crippen molar-refractivity contribution in [3.8, 4) is 68.4 Å². The highest BCUT2D eigenvalue weighted by atomic mass is 16.6. The SMILES string of the molecule is c1ccc(-c2nc(-c3ccccn3)nc(-c3cccc4c3Oc3ccc5c(c3O4)-c3ccccc3C5(c3ccccc3)c3ccccc3)n2)cc1. The second-order valence-corrected chi connectivity index (χ2v) is 12.6. The zero-order valence-corrected chi connectivity index (χ0v) is 27.3. The zero-order valence-electron chi connectivity index (χ0n) is 27.3. The van der Waals surface area contributed by atoms with Crippen LogP contribution in [0.5, 0.6) is 23.0 Å². The Labute approximate surface area is 294 Å². The van der Waals surface area contributed by atoms with Gasteiger partial charge in [-0.15, -0.1) is 0 Å². The van der Waals surface area contributed by atoms with E-state index in [1.54, 1.807) is 6.20 Å². The number of hydrogen-bond acceptors (Lipinski definition) is 6. The Morgan fingerprint density at radius 1 is 0.412 bits per heavy atom. The number of nitrogens with zero attached hydrogens (tertiary/aromatic N) is 4. The Bertz CT molecular complexity index is 2480. The van der Waals surface area contributed by atoms with Gasteiger partial charge < -0.3 is 9.47 Å². The molecule has 8 aromatic rings. The molecule has 2 aliphatic rings. The summed E-state index contributed by atoms with van der Waals surface area (Å²) in [6.07, 6.45) is 1.74. The highest BCUT2D eigenvalue weighted by Gasteiger charge is 2.48. The molecule has 240 valence electrons. The van der Waals surface area contributed by atoms with Gasteiger partial charge in [-0.1, -0.05) is 133 Å². The largest absolute Gasteiger partial charge is 0.449 e. The third kappa shape index (κ3) is 4.50. The van der Waals surface area contributed by atoms with Crippen LogP contribution >= 0.6 is 0 Å². The average Bonchev–Trinajstić information content (AvgIpc) is 3.52. The number of pyridine rings is 1. The minimum Gasteiger partial charge on any atom is -0.449 e. The zero-order chi connectivity index (χ0) is 33.8. The first-order chi connectivity index (χ1) is 25.3. The number of hydrogen-bond donors (Lipinski definition) is 0. The lowest BCUT2D eigenvalue weighted by molar-refractivity contribution is 0.361. The number of ether oxygens (including phenoxy) is 2. The van der Waals surface area contributed by atoms with Gasteiger partial charge >= 0.3 is 0 Å². The molecule has 6 nitrogen and oxygen atoms in total. The molecule has 0 bridgehead atoms. The Morgan fingerprint density at radius 3 is 1.76 bits per heavy atom. The quantitative estimate of drug-likeness (QED) is 0.184. The lowest BCUT2D eigenvalue weighted by atomic mass is 9.68. The molecule has 0 amide bonds. The summed E-state index contributed by atoms with van der Waals surface area (Å²) in [5.74, 6) is 3.93. The van der Waals surface area contributed by atoms with Crippen LogP contribution in [0.25, 0.3) is 45.4 Å². The van der Waals surface area contributed by atoms with Gasteiger partial charge in [0, 0.05) is 17.3 Å². The molecule has 0 saturated heterocycles. The fourth-order valence-electron chi connectivity index (χ4n) is 7.58. The molecule has 0 unspecified atom stereocenters. The summed E-state index contributed by atoms with van der Waals surface area (Å²) < 4.78 is 13.8. The molecular weight excluding hydrogens is 629 g/mol. The first-order valence-electron chi connectivity index (χ1n) is 16.9. The number of para-hydroxylation sites is 1. The van der Waals surface area contributed by atoms with Gasteiger partial charge in [-0.3, -0.25) is 4.98 Å². The second-order valence-electron chi connectivity index (χ2n) is 12.6. The van der Waals surface area contributed by atoms with E-state index >= 15 is 0 Å². The Hall–Kier alpha value is -6.92. The summed E-state index contributed by atoms with van der Waals surface area (Å²) in [5.41, 5.74) is 8.54. The maximum absolute atomic E-state index is 6.93. The predicted molar refractivity (Wildman–Crippen MR) is 198 cm³/mol. The van der Waals surface area contributed by atoms with E-state index in [9.17, 15) is 0 Å². The summed E-state index contributed by atoms with van der Waals surface area (Å²) >= 11 is 0. The van der Waals surface area contributed by atoms with Crippen LogP contribution in [0.4, 0.5) is 0 Å². The Kier molecular flexibility index (Phi) is 6.61. The third-order valence-electron chi connectivity index (χ3n) is 9.74. The number of aromatic nitrogens is 4.